The fraction of sp³-hybridized carbons (Fsp3) is 0.429. The van der Waals surface area contributed by atoms with Gasteiger partial charge in [-0.05, 0) is 44.5 Å². The van der Waals surface area contributed by atoms with Crippen molar-refractivity contribution in [3.05, 3.63) is 23.8 Å². The minimum Gasteiger partial charge on any atom is -0.325 e. The molecular formula is C14H19N3O2. The van der Waals surface area contributed by atoms with Gasteiger partial charge in [0.1, 0.15) is 0 Å². The van der Waals surface area contributed by atoms with Crippen molar-refractivity contribution in [3.8, 4) is 0 Å². The molecule has 0 bridgehead atoms. The largest absolute Gasteiger partial charge is 0.325 e. The molecule has 102 valence electrons. The average Bonchev–Trinajstić information content (AvgIpc) is 2.67. The molecule has 1 aliphatic rings. The van der Waals surface area contributed by atoms with E-state index in [9.17, 15) is 9.59 Å². The zero-order chi connectivity index (χ0) is 14.0. The Bertz CT molecular complexity index is 509. The second-order valence-electron chi connectivity index (χ2n) is 4.62. The van der Waals surface area contributed by atoms with E-state index in [0.717, 1.165) is 16.9 Å². The molecule has 1 heterocycles. The zero-order valence-corrected chi connectivity index (χ0v) is 11.5. The number of nitrogens with one attached hydrogen (secondary N) is 2. The van der Waals surface area contributed by atoms with Gasteiger partial charge in [-0.15, -0.1) is 0 Å². The van der Waals surface area contributed by atoms with Gasteiger partial charge in [-0.1, -0.05) is 0 Å². The fourth-order valence-corrected chi connectivity index (χ4v) is 2.21. The van der Waals surface area contributed by atoms with Crippen LogP contribution in [0.3, 0.4) is 0 Å². The van der Waals surface area contributed by atoms with Crippen molar-refractivity contribution >= 4 is 23.3 Å². The highest BCUT2D eigenvalue weighted by Crippen LogP contribution is 2.33. The van der Waals surface area contributed by atoms with Crippen LogP contribution >= 0.6 is 0 Å². The van der Waals surface area contributed by atoms with Crippen molar-refractivity contribution in [3.63, 3.8) is 0 Å². The maximum atomic E-state index is 12.0. The average molecular weight is 261 g/mol. The molecule has 1 atom stereocenters. The van der Waals surface area contributed by atoms with Crippen molar-refractivity contribution in [2.75, 3.05) is 23.7 Å². The lowest BCUT2D eigenvalue weighted by molar-refractivity contribution is -0.116. The van der Waals surface area contributed by atoms with Gasteiger partial charge in [0.25, 0.3) is 0 Å². The highest BCUT2D eigenvalue weighted by molar-refractivity contribution is 6.03. The summed E-state index contributed by atoms with van der Waals surface area (Å²) in [7, 11) is 0. The van der Waals surface area contributed by atoms with Crippen LogP contribution in [0.5, 0.6) is 0 Å². The summed E-state index contributed by atoms with van der Waals surface area (Å²) in [5, 5.41) is 5.67. The van der Waals surface area contributed by atoms with Crippen LogP contribution in [0.15, 0.2) is 18.2 Å². The molecule has 5 heteroatoms. The third kappa shape index (κ3) is 2.54. The van der Waals surface area contributed by atoms with Gasteiger partial charge in [-0.2, -0.15) is 0 Å². The number of benzene rings is 1. The van der Waals surface area contributed by atoms with E-state index in [-0.39, 0.29) is 17.9 Å². The smallest absolute Gasteiger partial charge is 0.321 e. The number of hydrogen-bond donors (Lipinski definition) is 2. The lowest BCUT2D eigenvalue weighted by Crippen LogP contribution is -2.34. The lowest BCUT2D eigenvalue weighted by Gasteiger charge is -2.19. The normalized spacial score (nSPS) is 16.8. The monoisotopic (exact) mass is 261 g/mol. The van der Waals surface area contributed by atoms with Crippen molar-refractivity contribution in [2.45, 2.75) is 26.7 Å². The summed E-state index contributed by atoms with van der Waals surface area (Å²) in [6.07, 6.45) is 0. The summed E-state index contributed by atoms with van der Waals surface area (Å²) in [6.45, 7) is 7.08. The van der Waals surface area contributed by atoms with E-state index in [1.165, 1.54) is 0 Å². The van der Waals surface area contributed by atoms with Crippen LogP contribution in [-0.2, 0) is 4.79 Å². The maximum absolute atomic E-state index is 12.0. The zero-order valence-electron chi connectivity index (χ0n) is 11.5. The number of fused-ring (bicyclic) bond motifs is 1. The summed E-state index contributed by atoms with van der Waals surface area (Å²) in [4.78, 5) is 25.2. The van der Waals surface area contributed by atoms with Gasteiger partial charge in [0.2, 0.25) is 5.91 Å². The number of nitrogens with zero attached hydrogens (tertiary/aromatic N) is 1. The number of hydrogen-bond acceptors (Lipinski definition) is 2. The first-order valence-corrected chi connectivity index (χ1v) is 6.57. The molecule has 1 aromatic rings. The number of rotatable bonds is 3. The Labute approximate surface area is 113 Å². The van der Waals surface area contributed by atoms with Crippen molar-refractivity contribution < 1.29 is 9.59 Å². The number of carbonyl (C=O) groups is 2. The Kier molecular flexibility index (Phi) is 3.74. The Hall–Kier alpha value is -2.04. The quantitative estimate of drug-likeness (QED) is 0.878. The molecule has 1 unspecified atom stereocenters. The Balaban J connectivity index is 2.16. The molecule has 3 amide bonds. The van der Waals surface area contributed by atoms with Crippen LogP contribution in [0.1, 0.15) is 32.3 Å². The molecule has 19 heavy (non-hydrogen) atoms. The second kappa shape index (κ2) is 5.30. The molecule has 0 saturated heterocycles. The van der Waals surface area contributed by atoms with Crippen LogP contribution in [0.2, 0.25) is 0 Å². The predicted octanol–water partition coefficient (Wildman–Crippen LogP) is 2.62. The highest BCUT2D eigenvalue weighted by atomic mass is 16.2. The molecule has 0 spiro atoms. The SMILES string of the molecule is CCN(CC)C(=O)Nc1ccc2c(c1)C(C)C(=O)N2. The topological polar surface area (TPSA) is 61.4 Å². The molecule has 0 aromatic heterocycles. The standard InChI is InChI=1S/C14H19N3O2/c1-4-17(5-2)14(19)15-10-6-7-12-11(8-10)9(3)13(18)16-12/h6-9H,4-5H2,1-3H3,(H,15,19)(H,16,18). The second-order valence-corrected chi connectivity index (χ2v) is 4.62. The number of anilines is 2. The van der Waals surface area contributed by atoms with Gasteiger partial charge in [0.15, 0.2) is 0 Å². The molecular weight excluding hydrogens is 242 g/mol. The molecule has 2 rings (SSSR count). The van der Waals surface area contributed by atoms with Gasteiger partial charge >= 0.3 is 6.03 Å². The van der Waals surface area contributed by atoms with Gasteiger partial charge in [-0.3, -0.25) is 4.79 Å². The van der Waals surface area contributed by atoms with E-state index in [2.05, 4.69) is 10.6 Å². The number of amides is 3. The van der Waals surface area contributed by atoms with E-state index in [0.29, 0.717) is 13.1 Å². The fourth-order valence-electron chi connectivity index (χ4n) is 2.21. The third-order valence-corrected chi connectivity index (χ3v) is 3.47. The molecule has 2 N–H and O–H groups in total. The van der Waals surface area contributed by atoms with Crippen LogP contribution < -0.4 is 10.6 Å². The Morgan fingerprint density at radius 1 is 1.37 bits per heavy atom. The maximum Gasteiger partial charge on any atom is 0.321 e. The molecule has 0 saturated carbocycles. The van der Waals surface area contributed by atoms with Crippen LogP contribution in [0.4, 0.5) is 16.2 Å². The molecule has 1 aromatic carbocycles. The van der Waals surface area contributed by atoms with Crippen molar-refractivity contribution in [2.24, 2.45) is 0 Å². The van der Waals surface area contributed by atoms with E-state index in [4.69, 9.17) is 0 Å². The van der Waals surface area contributed by atoms with E-state index in [1.54, 1.807) is 11.0 Å². The van der Waals surface area contributed by atoms with Crippen molar-refractivity contribution in [1.82, 2.24) is 4.90 Å². The molecule has 1 aliphatic heterocycles. The van der Waals surface area contributed by atoms with Crippen LogP contribution in [-0.4, -0.2) is 29.9 Å². The van der Waals surface area contributed by atoms with Crippen molar-refractivity contribution in [1.29, 1.82) is 0 Å². The van der Waals surface area contributed by atoms with Crippen LogP contribution in [0.25, 0.3) is 0 Å². The minimum absolute atomic E-state index is 0.00206. The lowest BCUT2D eigenvalue weighted by atomic mass is 10.0. The number of carbonyl (C=O) groups excluding carboxylic acids is 2. The molecule has 5 nitrogen and oxygen atoms in total. The predicted molar refractivity (Wildman–Crippen MR) is 75.4 cm³/mol. The van der Waals surface area contributed by atoms with Gasteiger partial charge < -0.3 is 15.5 Å². The number of urea groups is 1. The molecule has 0 aliphatic carbocycles. The first kappa shape index (κ1) is 13.4. The van der Waals surface area contributed by atoms with Gasteiger partial charge in [-0.25, -0.2) is 4.79 Å². The first-order chi connectivity index (χ1) is 9.06. The summed E-state index contributed by atoms with van der Waals surface area (Å²) in [5.74, 6) is -0.164. The van der Waals surface area contributed by atoms with Gasteiger partial charge in [0, 0.05) is 24.5 Å². The van der Waals surface area contributed by atoms with Gasteiger partial charge in [0.05, 0.1) is 5.92 Å². The van der Waals surface area contributed by atoms with Crippen LogP contribution in [0, 0.1) is 0 Å². The molecule has 0 fully saturated rings. The summed E-state index contributed by atoms with van der Waals surface area (Å²) in [6, 6.07) is 5.38. The third-order valence-electron chi connectivity index (χ3n) is 3.47. The summed E-state index contributed by atoms with van der Waals surface area (Å²) in [5.41, 5.74) is 2.49. The highest BCUT2D eigenvalue weighted by Gasteiger charge is 2.26. The van der Waals surface area contributed by atoms with E-state index in [1.807, 2.05) is 32.9 Å². The Morgan fingerprint density at radius 3 is 2.68 bits per heavy atom. The van der Waals surface area contributed by atoms with E-state index >= 15 is 0 Å². The molecule has 0 radical (unpaired) electrons. The summed E-state index contributed by atoms with van der Waals surface area (Å²) < 4.78 is 0. The Morgan fingerprint density at radius 2 is 2.05 bits per heavy atom. The first-order valence-electron chi connectivity index (χ1n) is 6.57. The minimum atomic E-state index is -0.166. The van der Waals surface area contributed by atoms with E-state index < -0.39 is 0 Å². The summed E-state index contributed by atoms with van der Waals surface area (Å²) >= 11 is 0.